The van der Waals surface area contributed by atoms with Crippen LogP contribution in [0.5, 0.6) is 0 Å². The first-order valence-corrected chi connectivity index (χ1v) is 6.69. The maximum Gasteiger partial charge on any atom is 0.223 e. The molecule has 98 valence electrons. The average molecular weight is 240 g/mol. The first-order valence-electron chi connectivity index (χ1n) is 6.69. The number of nitrogens with zero attached hydrogens (tertiary/aromatic N) is 1. The summed E-state index contributed by atoms with van der Waals surface area (Å²) < 4.78 is 0. The molecule has 2 N–H and O–H groups in total. The standard InChI is InChI=1S/C13H24N2O2/c1-2-9-15(10-11-5-3-4-6-11)13(17)8-7-12(14)16/h11H,2-10H2,1H3,(H2,14,16). The van der Waals surface area contributed by atoms with Crippen LogP contribution in [0.3, 0.4) is 0 Å². The van der Waals surface area contributed by atoms with Crippen molar-refractivity contribution in [3.63, 3.8) is 0 Å². The van der Waals surface area contributed by atoms with Gasteiger partial charge in [0.05, 0.1) is 0 Å². The van der Waals surface area contributed by atoms with Gasteiger partial charge in [-0.25, -0.2) is 0 Å². The van der Waals surface area contributed by atoms with Crippen molar-refractivity contribution in [2.75, 3.05) is 13.1 Å². The number of hydrogen-bond acceptors (Lipinski definition) is 2. The fourth-order valence-corrected chi connectivity index (χ4v) is 2.48. The van der Waals surface area contributed by atoms with Gasteiger partial charge in [-0.2, -0.15) is 0 Å². The molecule has 0 aromatic carbocycles. The fraction of sp³-hybridized carbons (Fsp3) is 0.846. The van der Waals surface area contributed by atoms with Gasteiger partial charge in [0.15, 0.2) is 0 Å². The van der Waals surface area contributed by atoms with Gasteiger partial charge in [0.1, 0.15) is 0 Å². The Kier molecular flexibility index (Phi) is 6.01. The molecular formula is C13H24N2O2. The van der Waals surface area contributed by atoms with Crippen LogP contribution < -0.4 is 5.73 Å². The van der Waals surface area contributed by atoms with Crippen LogP contribution in [0.4, 0.5) is 0 Å². The molecule has 17 heavy (non-hydrogen) atoms. The van der Waals surface area contributed by atoms with Gasteiger partial charge in [-0.15, -0.1) is 0 Å². The summed E-state index contributed by atoms with van der Waals surface area (Å²) in [6.45, 7) is 3.74. The average Bonchev–Trinajstić information content (AvgIpc) is 2.78. The minimum Gasteiger partial charge on any atom is -0.370 e. The van der Waals surface area contributed by atoms with E-state index in [1.165, 1.54) is 25.7 Å². The molecule has 0 radical (unpaired) electrons. The maximum absolute atomic E-state index is 11.9. The Morgan fingerprint density at radius 1 is 1.24 bits per heavy atom. The first-order chi connectivity index (χ1) is 8.13. The van der Waals surface area contributed by atoms with E-state index in [1.807, 2.05) is 4.90 Å². The Morgan fingerprint density at radius 3 is 2.41 bits per heavy atom. The molecule has 0 aromatic rings. The van der Waals surface area contributed by atoms with E-state index in [0.717, 1.165) is 19.5 Å². The summed E-state index contributed by atoms with van der Waals surface area (Å²) >= 11 is 0. The summed E-state index contributed by atoms with van der Waals surface area (Å²) in [7, 11) is 0. The van der Waals surface area contributed by atoms with Gasteiger partial charge >= 0.3 is 0 Å². The molecule has 1 rings (SSSR count). The summed E-state index contributed by atoms with van der Waals surface area (Å²) in [5.74, 6) is 0.354. The summed E-state index contributed by atoms with van der Waals surface area (Å²) in [5.41, 5.74) is 5.07. The Hall–Kier alpha value is -1.06. The molecule has 4 nitrogen and oxygen atoms in total. The second-order valence-electron chi connectivity index (χ2n) is 4.96. The molecule has 1 saturated carbocycles. The van der Waals surface area contributed by atoms with Gasteiger partial charge in [-0.05, 0) is 25.2 Å². The smallest absolute Gasteiger partial charge is 0.223 e. The van der Waals surface area contributed by atoms with Gasteiger partial charge in [-0.3, -0.25) is 9.59 Å². The van der Waals surface area contributed by atoms with Crippen molar-refractivity contribution in [1.82, 2.24) is 4.90 Å². The molecule has 0 atom stereocenters. The van der Waals surface area contributed by atoms with Crippen molar-refractivity contribution in [1.29, 1.82) is 0 Å². The van der Waals surface area contributed by atoms with Crippen LogP contribution in [-0.4, -0.2) is 29.8 Å². The minimum atomic E-state index is -0.393. The third-order valence-electron chi connectivity index (χ3n) is 3.38. The molecule has 4 heteroatoms. The zero-order chi connectivity index (χ0) is 12.7. The van der Waals surface area contributed by atoms with Crippen LogP contribution in [0.15, 0.2) is 0 Å². The second kappa shape index (κ2) is 7.30. The molecule has 0 aromatic heterocycles. The van der Waals surface area contributed by atoms with Gasteiger partial charge in [0.25, 0.3) is 0 Å². The number of amides is 2. The van der Waals surface area contributed by atoms with Crippen LogP contribution in [0.1, 0.15) is 51.9 Å². The molecule has 0 saturated heterocycles. The number of carbonyl (C=O) groups excluding carboxylic acids is 2. The van der Waals surface area contributed by atoms with Crippen LogP contribution in [0.25, 0.3) is 0 Å². The highest BCUT2D eigenvalue weighted by molar-refractivity contribution is 5.82. The highest BCUT2D eigenvalue weighted by Crippen LogP contribution is 2.25. The van der Waals surface area contributed by atoms with Crippen molar-refractivity contribution in [2.45, 2.75) is 51.9 Å². The van der Waals surface area contributed by atoms with Crippen molar-refractivity contribution < 1.29 is 9.59 Å². The summed E-state index contributed by atoms with van der Waals surface area (Å²) in [6, 6.07) is 0. The minimum absolute atomic E-state index is 0.0811. The molecule has 0 unspecified atom stereocenters. The number of nitrogens with two attached hydrogens (primary N) is 1. The lowest BCUT2D eigenvalue weighted by molar-refractivity contribution is -0.133. The topological polar surface area (TPSA) is 63.4 Å². The van der Waals surface area contributed by atoms with E-state index < -0.39 is 5.91 Å². The second-order valence-corrected chi connectivity index (χ2v) is 4.96. The Labute approximate surface area is 104 Å². The Balaban J connectivity index is 2.39. The zero-order valence-corrected chi connectivity index (χ0v) is 10.8. The lowest BCUT2D eigenvalue weighted by Gasteiger charge is -2.25. The SMILES string of the molecule is CCCN(CC1CCCC1)C(=O)CCC(N)=O. The maximum atomic E-state index is 11.9. The van der Waals surface area contributed by atoms with Crippen LogP contribution >= 0.6 is 0 Å². The Bertz CT molecular complexity index is 260. The highest BCUT2D eigenvalue weighted by atomic mass is 16.2. The van der Waals surface area contributed by atoms with E-state index in [0.29, 0.717) is 5.92 Å². The van der Waals surface area contributed by atoms with Crippen LogP contribution in [-0.2, 0) is 9.59 Å². The number of rotatable bonds is 7. The zero-order valence-electron chi connectivity index (χ0n) is 10.8. The van der Waals surface area contributed by atoms with E-state index in [-0.39, 0.29) is 18.7 Å². The van der Waals surface area contributed by atoms with Crippen LogP contribution in [0, 0.1) is 5.92 Å². The Morgan fingerprint density at radius 2 is 1.88 bits per heavy atom. The van der Waals surface area contributed by atoms with Gasteiger partial charge < -0.3 is 10.6 Å². The molecule has 1 aliphatic rings. The molecule has 1 aliphatic carbocycles. The number of hydrogen-bond donors (Lipinski definition) is 1. The highest BCUT2D eigenvalue weighted by Gasteiger charge is 2.21. The lowest BCUT2D eigenvalue weighted by Crippen LogP contribution is -2.36. The van der Waals surface area contributed by atoms with E-state index in [1.54, 1.807) is 0 Å². The van der Waals surface area contributed by atoms with Gasteiger partial charge in [0.2, 0.25) is 11.8 Å². The fourth-order valence-electron chi connectivity index (χ4n) is 2.48. The van der Waals surface area contributed by atoms with E-state index in [9.17, 15) is 9.59 Å². The van der Waals surface area contributed by atoms with Crippen molar-refractivity contribution >= 4 is 11.8 Å². The molecule has 0 bridgehead atoms. The molecule has 0 aliphatic heterocycles. The quantitative estimate of drug-likeness (QED) is 0.736. The van der Waals surface area contributed by atoms with Gasteiger partial charge in [-0.1, -0.05) is 19.8 Å². The molecule has 0 heterocycles. The third kappa shape index (κ3) is 5.20. The predicted octanol–water partition coefficient (Wildman–Crippen LogP) is 1.68. The summed E-state index contributed by atoms with van der Waals surface area (Å²) in [5, 5.41) is 0. The summed E-state index contributed by atoms with van der Waals surface area (Å²) in [6.07, 6.45) is 6.47. The monoisotopic (exact) mass is 240 g/mol. The number of primary amides is 1. The predicted molar refractivity (Wildman–Crippen MR) is 67.3 cm³/mol. The normalized spacial score (nSPS) is 16.1. The van der Waals surface area contributed by atoms with Gasteiger partial charge in [0, 0.05) is 25.9 Å². The van der Waals surface area contributed by atoms with E-state index >= 15 is 0 Å². The van der Waals surface area contributed by atoms with Crippen molar-refractivity contribution in [3.05, 3.63) is 0 Å². The summed E-state index contributed by atoms with van der Waals surface area (Å²) in [4.78, 5) is 24.5. The molecule has 2 amide bonds. The molecule has 0 spiro atoms. The first kappa shape index (κ1) is 14.0. The van der Waals surface area contributed by atoms with Crippen LogP contribution in [0.2, 0.25) is 0 Å². The largest absolute Gasteiger partial charge is 0.370 e. The third-order valence-corrected chi connectivity index (χ3v) is 3.38. The lowest BCUT2D eigenvalue weighted by atomic mass is 10.1. The number of carbonyl (C=O) groups is 2. The molecule has 1 fully saturated rings. The van der Waals surface area contributed by atoms with Crippen molar-refractivity contribution in [2.24, 2.45) is 11.7 Å². The van der Waals surface area contributed by atoms with Crippen molar-refractivity contribution in [3.8, 4) is 0 Å². The molecular weight excluding hydrogens is 216 g/mol. The van der Waals surface area contributed by atoms with E-state index in [4.69, 9.17) is 5.73 Å². The van der Waals surface area contributed by atoms with E-state index in [2.05, 4.69) is 6.92 Å².